The minimum atomic E-state index is -0.447. The minimum absolute atomic E-state index is 0.322. The number of hydrogen-bond donors (Lipinski definition) is 2. The third-order valence-electron chi connectivity index (χ3n) is 4.00. The van der Waals surface area contributed by atoms with E-state index >= 15 is 0 Å². The largest absolute Gasteiger partial charge is 0.444 e. The standard InChI is InChI=1S/C17H29N3O2S/c1-12-9-19-15(23-12)11-18-14-8-6-5-7-13(14)10-20-16(21)22-17(2,3)4/h9,13-14,18H,5-8,10-11H2,1-4H3,(H,20,21). The molecule has 2 unspecified atom stereocenters. The van der Waals surface area contributed by atoms with Crippen molar-refractivity contribution in [2.24, 2.45) is 5.92 Å². The number of amides is 1. The molecular weight excluding hydrogens is 310 g/mol. The minimum Gasteiger partial charge on any atom is -0.444 e. The number of carbonyl (C=O) groups is 1. The average molecular weight is 340 g/mol. The van der Waals surface area contributed by atoms with E-state index in [4.69, 9.17) is 4.74 Å². The van der Waals surface area contributed by atoms with Gasteiger partial charge < -0.3 is 15.4 Å². The molecule has 2 N–H and O–H groups in total. The number of ether oxygens (including phenoxy) is 1. The fraction of sp³-hybridized carbons (Fsp3) is 0.765. The normalized spacial score (nSPS) is 21.9. The number of nitrogens with one attached hydrogen (secondary N) is 2. The van der Waals surface area contributed by atoms with Gasteiger partial charge in [-0.1, -0.05) is 12.8 Å². The van der Waals surface area contributed by atoms with E-state index < -0.39 is 5.60 Å². The Morgan fingerprint density at radius 3 is 2.78 bits per heavy atom. The molecule has 1 saturated carbocycles. The van der Waals surface area contributed by atoms with Gasteiger partial charge in [-0.2, -0.15) is 0 Å². The summed E-state index contributed by atoms with van der Waals surface area (Å²) in [6, 6.07) is 0.433. The molecule has 130 valence electrons. The molecular formula is C17H29N3O2S. The number of rotatable bonds is 5. The number of hydrogen-bond acceptors (Lipinski definition) is 5. The lowest BCUT2D eigenvalue weighted by molar-refractivity contribution is 0.0510. The molecule has 1 aliphatic carbocycles. The average Bonchev–Trinajstić information content (AvgIpc) is 2.87. The molecule has 1 aromatic rings. The highest BCUT2D eigenvalue weighted by Gasteiger charge is 2.26. The van der Waals surface area contributed by atoms with Crippen molar-refractivity contribution in [3.8, 4) is 0 Å². The molecule has 1 aromatic heterocycles. The second kappa shape index (κ2) is 8.11. The number of carbonyl (C=O) groups excluding carboxylic acids is 1. The molecule has 1 fully saturated rings. The topological polar surface area (TPSA) is 63.2 Å². The fourth-order valence-electron chi connectivity index (χ4n) is 2.95. The first-order chi connectivity index (χ1) is 10.8. The quantitative estimate of drug-likeness (QED) is 0.860. The molecule has 2 atom stereocenters. The molecule has 1 heterocycles. The second-order valence-corrected chi connectivity index (χ2v) is 8.60. The van der Waals surface area contributed by atoms with Crippen LogP contribution in [-0.2, 0) is 11.3 Å². The van der Waals surface area contributed by atoms with Gasteiger partial charge in [0.25, 0.3) is 0 Å². The van der Waals surface area contributed by atoms with E-state index in [9.17, 15) is 4.79 Å². The zero-order valence-corrected chi connectivity index (χ0v) is 15.5. The summed E-state index contributed by atoms with van der Waals surface area (Å²) in [4.78, 5) is 17.5. The molecule has 0 saturated heterocycles. The van der Waals surface area contributed by atoms with Crippen molar-refractivity contribution in [1.29, 1.82) is 0 Å². The third kappa shape index (κ3) is 6.47. The lowest BCUT2D eigenvalue weighted by Gasteiger charge is -2.32. The van der Waals surface area contributed by atoms with Crippen LogP contribution >= 0.6 is 11.3 Å². The predicted molar refractivity (Wildman–Crippen MR) is 93.7 cm³/mol. The van der Waals surface area contributed by atoms with E-state index in [1.165, 1.54) is 17.7 Å². The van der Waals surface area contributed by atoms with E-state index in [2.05, 4.69) is 22.5 Å². The van der Waals surface area contributed by atoms with E-state index in [-0.39, 0.29) is 6.09 Å². The van der Waals surface area contributed by atoms with E-state index in [1.54, 1.807) is 11.3 Å². The first kappa shape index (κ1) is 18.2. The van der Waals surface area contributed by atoms with Crippen molar-refractivity contribution in [3.05, 3.63) is 16.1 Å². The molecule has 1 aliphatic rings. The number of thiazole rings is 1. The molecule has 6 heteroatoms. The molecule has 0 bridgehead atoms. The van der Waals surface area contributed by atoms with Gasteiger partial charge in [0, 0.05) is 30.2 Å². The maximum atomic E-state index is 11.8. The zero-order valence-electron chi connectivity index (χ0n) is 14.6. The Morgan fingerprint density at radius 1 is 1.39 bits per heavy atom. The van der Waals surface area contributed by atoms with Crippen molar-refractivity contribution in [2.45, 2.75) is 71.6 Å². The molecule has 23 heavy (non-hydrogen) atoms. The second-order valence-electron chi connectivity index (χ2n) is 7.28. The predicted octanol–water partition coefficient (Wildman–Crippen LogP) is 3.62. The van der Waals surface area contributed by atoms with Crippen LogP contribution in [0.5, 0.6) is 0 Å². The summed E-state index contributed by atoms with van der Waals surface area (Å²) < 4.78 is 5.32. The Labute approximate surface area is 143 Å². The summed E-state index contributed by atoms with van der Waals surface area (Å²) in [6.45, 7) is 9.21. The molecule has 1 amide bonds. The van der Waals surface area contributed by atoms with Crippen molar-refractivity contribution in [1.82, 2.24) is 15.6 Å². The molecule has 0 aromatic carbocycles. The zero-order chi connectivity index (χ0) is 16.9. The van der Waals surface area contributed by atoms with Crippen LogP contribution in [0.25, 0.3) is 0 Å². The van der Waals surface area contributed by atoms with Crippen LogP contribution in [0.4, 0.5) is 4.79 Å². The van der Waals surface area contributed by atoms with Crippen LogP contribution in [0.15, 0.2) is 6.20 Å². The lowest BCUT2D eigenvalue weighted by atomic mass is 9.84. The number of aromatic nitrogens is 1. The van der Waals surface area contributed by atoms with Gasteiger partial charge in [0.1, 0.15) is 10.6 Å². The Balaban J connectivity index is 1.79. The Morgan fingerprint density at radius 2 is 2.13 bits per heavy atom. The molecule has 0 spiro atoms. The highest BCUT2D eigenvalue weighted by Crippen LogP contribution is 2.24. The lowest BCUT2D eigenvalue weighted by Crippen LogP contribution is -2.44. The highest BCUT2D eigenvalue weighted by molar-refractivity contribution is 7.11. The summed E-state index contributed by atoms with van der Waals surface area (Å²) in [5, 5.41) is 7.69. The van der Waals surface area contributed by atoms with E-state index in [1.807, 2.05) is 27.0 Å². The number of alkyl carbamates (subject to hydrolysis) is 1. The molecule has 0 radical (unpaired) electrons. The molecule has 2 rings (SSSR count). The summed E-state index contributed by atoms with van der Waals surface area (Å²) >= 11 is 1.74. The fourth-order valence-corrected chi connectivity index (χ4v) is 3.69. The summed E-state index contributed by atoms with van der Waals surface area (Å²) in [7, 11) is 0. The Hall–Kier alpha value is -1.14. The maximum Gasteiger partial charge on any atom is 0.407 e. The van der Waals surface area contributed by atoms with Crippen LogP contribution < -0.4 is 10.6 Å². The smallest absolute Gasteiger partial charge is 0.407 e. The van der Waals surface area contributed by atoms with Gasteiger partial charge in [0.2, 0.25) is 0 Å². The highest BCUT2D eigenvalue weighted by atomic mass is 32.1. The summed E-state index contributed by atoms with van der Waals surface area (Å²) in [5.74, 6) is 0.456. The van der Waals surface area contributed by atoms with Crippen molar-refractivity contribution >= 4 is 17.4 Å². The van der Waals surface area contributed by atoms with Crippen molar-refractivity contribution < 1.29 is 9.53 Å². The van der Waals surface area contributed by atoms with Crippen LogP contribution in [0.2, 0.25) is 0 Å². The van der Waals surface area contributed by atoms with Crippen molar-refractivity contribution in [2.75, 3.05) is 6.54 Å². The Bertz CT molecular complexity index is 510. The summed E-state index contributed by atoms with van der Waals surface area (Å²) in [6.07, 6.45) is 6.38. The van der Waals surface area contributed by atoms with Crippen LogP contribution in [0, 0.1) is 12.8 Å². The third-order valence-corrected chi connectivity index (χ3v) is 4.91. The molecule has 0 aliphatic heterocycles. The first-order valence-corrected chi connectivity index (χ1v) is 9.27. The van der Waals surface area contributed by atoms with Gasteiger partial charge in [-0.3, -0.25) is 0 Å². The van der Waals surface area contributed by atoms with Gasteiger partial charge in [-0.05, 0) is 46.5 Å². The van der Waals surface area contributed by atoms with E-state index in [0.717, 1.165) is 24.4 Å². The summed E-state index contributed by atoms with van der Waals surface area (Å²) in [5.41, 5.74) is -0.447. The Kier molecular flexibility index (Phi) is 6.41. The van der Waals surface area contributed by atoms with Gasteiger partial charge in [-0.15, -0.1) is 11.3 Å². The number of aryl methyl sites for hydroxylation is 1. The van der Waals surface area contributed by atoms with Gasteiger partial charge in [0.05, 0.1) is 0 Å². The van der Waals surface area contributed by atoms with E-state index in [0.29, 0.717) is 18.5 Å². The van der Waals surface area contributed by atoms with Crippen LogP contribution in [-0.4, -0.2) is 29.3 Å². The number of nitrogens with zero attached hydrogens (tertiary/aromatic N) is 1. The van der Waals surface area contributed by atoms with Crippen LogP contribution in [0.1, 0.15) is 56.3 Å². The first-order valence-electron chi connectivity index (χ1n) is 8.45. The maximum absolute atomic E-state index is 11.8. The van der Waals surface area contributed by atoms with Gasteiger partial charge in [-0.25, -0.2) is 9.78 Å². The SMILES string of the molecule is Cc1cnc(CNC2CCCCC2CNC(=O)OC(C)(C)C)s1. The van der Waals surface area contributed by atoms with Gasteiger partial charge in [0.15, 0.2) is 0 Å². The molecule has 5 nitrogen and oxygen atoms in total. The van der Waals surface area contributed by atoms with Crippen LogP contribution in [0.3, 0.4) is 0 Å². The van der Waals surface area contributed by atoms with Gasteiger partial charge >= 0.3 is 6.09 Å². The monoisotopic (exact) mass is 339 g/mol. The van der Waals surface area contributed by atoms with Crippen molar-refractivity contribution in [3.63, 3.8) is 0 Å².